The van der Waals surface area contributed by atoms with Crippen molar-refractivity contribution in [3.05, 3.63) is 28.2 Å². The Morgan fingerprint density at radius 1 is 1.48 bits per heavy atom. The quantitative estimate of drug-likeness (QED) is 0.378. The number of nitrogens with two attached hydrogens (primary N) is 1. The molecule has 0 bridgehead atoms. The standard InChI is InChI=1S/C15H23BrN4O/c1-3-11-10-19(2)8-5-9-20(11)13-7-4-6-12(16)14(13)15(17)18-21/h4,6-7,11,21H,3,5,8-10H2,1-2H3,(H2,17,18). The molecular weight excluding hydrogens is 332 g/mol. The summed E-state index contributed by atoms with van der Waals surface area (Å²) in [6.45, 7) is 5.31. The van der Waals surface area contributed by atoms with Gasteiger partial charge in [0.25, 0.3) is 0 Å². The van der Waals surface area contributed by atoms with Crippen LogP contribution >= 0.6 is 15.9 Å². The lowest BCUT2D eigenvalue weighted by atomic mass is 10.1. The molecule has 1 fully saturated rings. The fourth-order valence-corrected chi connectivity index (χ4v) is 3.52. The first kappa shape index (κ1) is 16.1. The first-order valence-electron chi connectivity index (χ1n) is 7.30. The third-order valence-electron chi connectivity index (χ3n) is 4.04. The Bertz CT molecular complexity index is 520. The van der Waals surface area contributed by atoms with Gasteiger partial charge in [-0.2, -0.15) is 0 Å². The summed E-state index contributed by atoms with van der Waals surface area (Å²) in [6, 6.07) is 6.39. The van der Waals surface area contributed by atoms with Crippen LogP contribution in [0.5, 0.6) is 0 Å². The third kappa shape index (κ3) is 3.49. The van der Waals surface area contributed by atoms with Gasteiger partial charge in [0.15, 0.2) is 5.84 Å². The van der Waals surface area contributed by atoms with Crippen molar-refractivity contribution in [3.8, 4) is 0 Å². The summed E-state index contributed by atoms with van der Waals surface area (Å²) >= 11 is 3.52. The highest BCUT2D eigenvalue weighted by Gasteiger charge is 2.25. The van der Waals surface area contributed by atoms with Crippen LogP contribution in [0.3, 0.4) is 0 Å². The highest BCUT2D eigenvalue weighted by molar-refractivity contribution is 9.10. The second-order valence-electron chi connectivity index (χ2n) is 5.49. The maximum absolute atomic E-state index is 9.07. The topological polar surface area (TPSA) is 65.1 Å². The molecule has 1 atom stereocenters. The van der Waals surface area contributed by atoms with Crippen LogP contribution in [-0.4, -0.2) is 48.7 Å². The first-order chi connectivity index (χ1) is 10.1. The number of amidine groups is 1. The van der Waals surface area contributed by atoms with Crippen molar-refractivity contribution in [2.45, 2.75) is 25.8 Å². The zero-order valence-electron chi connectivity index (χ0n) is 12.6. The molecule has 0 saturated carbocycles. The number of oxime groups is 1. The van der Waals surface area contributed by atoms with E-state index in [4.69, 9.17) is 10.9 Å². The van der Waals surface area contributed by atoms with Gasteiger partial charge in [0.1, 0.15) is 0 Å². The Morgan fingerprint density at radius 3 is 2.90 bits per heavy atom. The molecule has 5 nitrogen and oxygen atoms in total. The lowest BCUT2D eigenvalue weighted by Gasteiger charge is -2.33. The maximum Gasteiger partial charge on any atom is 0.173 e. The van der Waals surface area contributed by atoms with E-state index >= 15 is 0 Å². The molecule has 1 aromatic carbocycles. The summed E-state index contributed by atoms with van der Waals surface area (Å²) in [7, 11) is 2.16. The van der Waals surface area contributed by atoms with Crippen LogP contribution in [0, 0.1) is 0 Å². The van der Waals surface area contributed by atoms with Gasteiger partial charge in [-0.1, -0.05) is 18.1 Å². The number of hydrogen-bond acceptors (Lipinski definition) is 4. The van der Waals surface area contributed by atoms with Crippen molar-refractivity contribution in [1.29, 1.82) is 0 Å². The lowest BCUT2D eigenvalue weighted by Crippen LogP contribution is -2.41. The van der Waals surface area contributed by atoms with Crippen molar-refractivity contribution >= 4 is 27.5 Å². The van der Waals surface area contributed by atoms with Crippen LogP contribution in [0.2, 0.25) is 0 Å². The molecule has 3 N–H and O–H groups in total. The van der Waals surface area contributed by atoms with Crippen molar-refractivity contribution < 1.29 is 5.21 Å². The second-order valence-corrected chi connectivity index (χ2v) is 6.34. The minimum Gasteiger partial charge on any atom is -0.409 e. The molecule has 1 aliphatic heterocycles. The summed E-state index contributed by atoms with van der Waals surface area (Å²) in [5.41, 5.74) is 7.68. The Balaban J connectivity index is 2.46. The average Bonchev–Trinajstić information content (AvgIpc) is 2.67. The van der Waals surface area contributed by atoms with E-state index in [1.165, 1.54) is 0 Å². The van der Waals surface area contributed by atoms with Crippen molar-refractivity contribution in [3.63, 3.8) is 0 Å². The van der Waals surface area contributed by atoms with Gasteiger partial charge < -0.3 is 20.7 Å². The van der Waals surface area contributed by atoms with Crippen LogP contribution in [0.25, 0.3) is 0 Å². The normalized spacial score (nSPS) is 21.4. The van der Waals surface area contributed by atoms with Crippen LogP contribution < -0.4 is 10.6 Å². The van der Waals surface area contributed by atoms with Crippen LogP contribution in [-0.2, 0) is 0 Å². The molecule has 0 radical (unpaired) electrons. The third-order valence-corrected chi connectivity index (χ3v) is 4.70. The lowest BCUT2D eigenvalue weighted by molar-refractivity contribution is 0.318. The molecule has 1 saturated heterocycles. The molecule has 1 heterocycles. The van der Waals surface area contributed by atoms with E-state index in [1.807, 2.05) is 18.2 Å². The molecule has 1 aromatic rings. The predicted molar refractivity (Wildman–Crippen MR) is 90.2 cm³/mol. The number of likely N-dealkylation sites (N-methyl/N-ethyl adjacent to an activating group) is 1. The Kier molecular flexibility index (Phi) is 5.47. The molecule has 1 unspecified atom stereocenters. The van der Waals surface area contributed by atoms with Crippen LogP contribution in [0.15, 0.2) is 27.8 Å². The van der Waals surface area contributed by atoms with Crippen molar-refractivity contribution in [1.82, 2.24) is 4.90 Å². The molecule has 21 heavy (non-hydrogen) atoms. The smallest absolute Gasteiger partial charge is 0.173 e. The molecule has 1 aliphatic rings. The molecule has 0 spiro atoms. The van der Waals surface area contributed by atoms with E-state index in [9.17, 15) is 0 Å². The van der Waals surface area contributed by atoms with E-state index in [-0.39, 0.29) is 5.84 Å². The fraction of sp³-hybridized carbons (Fsp3) is 0.533. The summed E-state index contributed by atoms with van der Waals surface area (Å²) in [4.78, 5) is 4.76. The molecule has 116 valence electrons. The van der Waals surface area contributed by atoms with Crippen LogP contribution in [0.4, 0.5) is 5.69 Å². The van der Waals surface area contributed by atoms with Crippen LogP contribution in [0.1, 0.15) is 25.3 Å². The molecular formula is C15H23BrN4O. The van der Waals surface area contributed by atoms with E-state index < -0.39 is 0 Å². The van der Waals surface area contributed by atoms with Gasteiger partial charge in [0.2, 0.25) is 0 Å². The predicted octanol–water partition coefficient (Wildman–Crippen LogP) is 2.46. The molecule has 0 aliphatic carbocycles. The number of nitrogens with zero attached hydrogens (tertiary/aromatic N) is 3. The Labute approximate surface area is 134 Å². The number of benzene rings is 1. The summed E-state index contributed by atoms with van der Waals surface area (Å²) < 4.78 is 0.850. The zero-order chi connectivity index (χ0) is 15.4. The zero-order valence-corrected chi connectivity index (χ0v) is 14.2. The van der Waals surface area contributed by atoms with Gasteiger partial charge >= 0.3 is 0 Å². The second kappa shape index (κ2) is 7.13. The molecule has 0 aromatic heterocycles. The summed E-state index contributed by atoms with van der Waals surface area (Å²) in [5, 5.41) is 12.3. The van der Waals surface area contributed by atoms with E-state index in [0.29, 0.717) is 6.04 Å². The molecule has 6 heteroatoms. The molecule has 2 rings (SSSR count). The van der Waals surface area contributed by atoms with E-state index in [0.717, 1.165) is 48.2 Å². The number of anilines is 1. The minimum atomic E-state index is 0.143. The number of hydrogen-bond donors (Lipinski definition) is 2. The Morgan fingerprint density at radius 2 is 2.24 bits per heavy atom. The van der Waals surface area contributed by atoms with E-state index in [2.05, 4.69) is 44.9 Å². The minimum absolute atomic E-state index is 0.143. The van der Waals surface area contributed by atoms with Crippen molar-refractivity contribution in [2.75, 3.05) is 31.6 Å². The fourth-order valence-electron chi connectivity index (χ4n) is 2.97. The van der Waals surface area contributed by atoms with Gasteiger partial charge in [0.05, 0.1) is 5.56 Å². The number of halogens is 1. The van der Waals surface area contributed by atoms with Gasteiger partial charge in [0, 0.05) is 29.3 Å². The van der Waals surface area contributed by atoms with Gasteiger partial charge in [-0.05, 0) is 54.5 Å². The molecule has 0 amide bonds. The van der Waals surface area contributed by atoms with Gasteiger partial charge in [-0.15, -0.1) is 0 Å². The highest BCUT2D eigenvalue weighted by atomic mass is 79.9. The SMILES string of the molecule is CCC1CN(C)CCCN1c1cccc(Br)c1/C(N)=N/O. The van der Waals surface area contributed by atoms with Gasteiger partial charge in [-0.25, -0.2) is 0 Å². The van der Waals surface area contributed by atoms with E-state index in [1.54, 1.807) is 0 Å². The highest BCUT2D eigenvalue weighted by Crippen LogP contribution is 2.30. The van der Waals surface area contributed by atoms with Gasteiger partial charge in [-0.3, -0.25) is 0 Å². The first-order valence-corrected chi connectivity index (χ1v) is 8.09. The summed E-state index contributed by atoms with van der Waals surface area (Å²) in [6.07, 6.45) is 2.17. The number of rotatable bonds is 3. The largest absolute Gasteiger partial charge is 0.409 e. The maximum atomic E-state index is 9.07. The monoisotopic (exact) mass is 354 g/mol. The Hall–Kier alpha value is -1.27. The van der Waals surface area contributed by atoms with Crippen molar-refractivity contribution in [2.24, 2.45) is 10.9 Å². The average molecular weight is 355 g/mol. The summed E-state index contributed by atoms with van der Waals surface area (Å²) in [5.74, 6) is 0.143.